The molecule has 0 saturated carbocycles. The molecule has 1 N–H and O–H groups in total. The van der Waals surface area contributed by atoms with Gasteiger partial charge in [-0.05, 0) is 36.9 Å². The Morgan fingerprint density at radius 3 is 2.48 bits per heavy atom. The topological polar surface area (TPSA) is 57.6 Å². The van der Waals surface area contributed by atoms with Crippen molar-refractivity contribution in [3.05, 3.63) is 52.2 Å². The van der Waals surface area contributed by atoms with E-state index in [4.69, 9.17) is 0 Å². The van der Waals surface area contributed by atoms with E-state index in [9.17, 15) is 13.5 Å². The average Bonchev–Trinajstić information content (AvgIpc) is 2.97. The van der Waals surface area contributed by atoms with Gasteiger partial charge in [-0.1, -0.05) is 24.3 Å². The van der Waals surface area contributed by atoms with E-state index in [-0.39, 0.29) is 17.5 Å². The molecule has 21 heavy (non-hydrogen) atoms. The first-order chi connectivity index (χ1) is 9.96. The fraction of sp³-hybridized carbons (Fsp3) is 0.333. The molecule has 1 heterocycles. The molecule has 114 valence electrons. The molecular weight excluding hydrogens is 306 g/mol. The van der Waals surface area contributed by atoms with Crippen molar-refractivity contribution < 1.29 is 13.5 Å². The molecule has 6 heteroatoms. The van der Waals surface area contributed by atoms with Crippen LogP contribution in [0.1, 0.15) is 24.3 Å². The minimum atomic E-state index is -3.64. The van der Waals surface area contributed by atoms with Crippen LogP contribution in [0.5, 0.6) is 0 Å². The molecular formula is C15H19NO3S2. The molecule has 1 aromatic carbocycles. The highest BCUT2D eigenvalue weighted by atomic mass is 32.2. The van der Waals surface area contributed by atoms with Crippen molar-refractivity contribution in [1.82, 2.24) is 4.31 Å². The van der Waals surface area contributed by atoms with Crippen LogP contribution in [0.2, 0.25) is 0 Å². The number of aliphatic hydroxyl groups is 1. The Labute approximate surface area is 129 Å². The summed E-state index contributed by atoms with van der Waals surface area (Å²) in [5.74, 6) is 0. The molecule has 0 bridgehead atoms. The van der Waals surface area contributed by atoms with Crippen molar-refractivity contribution in [3.8, 4) is 0 Å². The first kappa shape index (κ1) is 16.2. The fourth-order valence-electron chi connectivity index (χ4n) is 2.11. The summed E-state index contributed by atoms with van der Waals surface area (Å²) < 4.78 is 27.3. The largest absolute Gasteiger partial charge is 0.392 e. The molecule has 0 aliphatic carbocycles. The Kier molecular flexibility index (Phi) is 5.16. The average molecular weight is 325 g/mol. The zero-order valence-electron chi connectivity index (χ0n) is 12.1. The molecule has 1 aromatic heterocycles. The van der Waals surface area contributed by atoms with Gasteiger partial charge in [0.2, 0.25) is 10.0 Å². The van der Waals surface area contributed by atoms with Crippen LogP contribution in [-0.4, -0.2) is 23.9 Å². The van der Waals surface area contributed by atoms with Crippen LogP contribution in [0.4, 0.5) is 0 Å². The molecule has 0 atom stereocenters. The Morgan fingerprint density at radius 1 is 1.19 bits per heavy atom. The first-order valence-corrected chi connectivity index (χ1v) is 9.01. The number of hydrogen-bond donors (Lipinski definition) is 1. The quantitative estimate of drug-likeness (QED) is 0.888. The number of benzene rings is 1. The lowest BCUT2D eigenvalue weighted by Gasteiger charge is -2.26. The van der Waals surface area contributed by atoms with Gasteiger partial charge in [0.15, 0.2) is 0 Å². The van der Waals surface area contributed by atoms with Crippen LogP contribution >= 0.6 is 11.3 Å². The predicted octanol–water partition coefficient (Wildman–Crippen LogP) is 2.84. The summed E-state index contributed by atoms with van der Waals surface area (Å²) in [5.41, 5.74) is 0.425. The van der Waals surface area contributed by atoms with E-state index in [0.29, 0.717) is 12.1 Å². The zero-order chi connectivity index (χ0) is 15.5. The molecule has 0 aliphatic rings. The van der Waals surface area contributed by atoms with Crippen molar-refractivity contribution in [1.29, 1.82) is 0 Å². The lowest BCUT2D eigenvalue weighted by Crippen LogP contribution is -2.36. The number of nitrogens with zero attached hydrogens (tertiary/aromatic N) is 1. The molecule has 0 radical (unpaired) electrons. The SMILES string of the molecule is CC(C)N(Cc1cccs1)S(=O)(=O)c1ccccc1CO. The summed E-state index contributed by atoms with van der Waals surface area (Å²) in [7, 11) is -3.64. The lowest BCUT2D eigenvalue weighted by atomic mass is 10.2. The van der Waals surface area contributed by atoms with Gasteiger partial charge < -0.3 is 5.11 Å². The second-order valence-electron chi connectivity index (χ2n) is 4.99. The van der Waals surface area contributed by atoms with Gasteiger partial charge in [0, 0.05) is 17.5 Å². The summed E-state index contributed by atoms with van der Waals surface area (Å²) >= 11 is 1.53. The van der Waals surface area contributed by atoms with Crippen LogP contribution in [0, 0.1) is 0 Å². The van der Waals surface area contributed by atoms with Gasteiger partial charge in [-0.2, -0.15) is 4.31 Å². The zero-order valence-corrected chi connectivity index (χ0v) is 13.7. The molecule has 0 spiro atoms. The van der Waals surface area contributed by atoms with Gasteiger partial charge in [-0.3, -0.25) is 0 Å². The van der Waals surface area contributed by atoms with Crippen molar-refractivity contribution in [2.24, 2.45) is 0 Å². The number of thiophene rings is 1. The summed E-state index contributed by atoms with van der Waals surface area (Å²) in [4.78, 5) is 1.17. The number of aliphatic hydroxyl groups excluding tert-OH is 1. The second kappa shape index (κ2) is 6.70. The normalized spacial score (nSPS) is 12.2. The highest BCUT2D eigenvalue weighted by molar-refractivity contribution is 7.89. The van der Waals surface area contributed by atoms with E-state index in [1.54, 1.807) is 24.3 Å². The summed E-state index contributed by atoms with van der Waals surface area (Å²) in [5, 5.41) is 11.3. The van der Waals surface area contributed by atoms with Crippen molar-refractivity contribution in [2.45, 2.75) is 37.9 Å². The minimum Gasteiger partial charge on any atom is -0.392 e. The Hall–Kier alpha value is -1.21. The summed E-state index contributed by atoms with van der Waals surface area (Å²) in [6, 6.07) is 10.3. The third kappa shape index (κ3) is 3.52. The fourth-order valence-corrected chi connectivity index (χ4v) is 4.73. The maximum Gasteiger partial charge on any atom is 0.243 e. The molecule has 0 unspecified atom stereocenters. The standard InChI is InChI=1S/C15H19NO3S2/c1-12(2)16(10-14-7-5-9-20-14)21(18,19)15-8-4-3-6-13(15)11-17/h3-9,12,17H,10-11H2,1-2H3. The van der Waals surface area contributed by atoms with Crippen LogP contribution in [-0.2, 0) is 23.2 Å². The highest BCUT2D eigenvalue weighted by Gasteiger charge is 2.29. The van der Waals surface area contributed by atoms with Crippen LogP contribution < -0.4 is 0 Å². The Bertz CT molecular complexity index is 679. The Balaban J connectivity index is 2.42. The highest BCUT2D eigenvalue weighted by Crippen LogP contribution is 2.25. The van der Waals surface area contributed by atoms with E-state index >= 15 is 0 Å². The third-order valence-corrected chi connectivity index (χ3v) is 6.18. The smallest absolute Gasteiger partial charge is 0.243 e. The van der Waals surface area contributed by atoms with E-state index in [1.807, 2.05) is 31.4 Å². The predicted molar refractivity (Wildman–Crippen MR) is 84.5 cm³/mol. The molecule has 2 rings (SSSR count). The van der Waals surface area contributed by atoms with Crippen LogP contribution in [0.15, 0.2) is 46.7 Å². The molecule has 4 nitrogen and oxygen atoms in total. The van der Waals surface area contributed by atoms with Crippen LogP contribution in [0.3, 0.4) is 0 Å². The maximum atomic E-state index is 12.9. The van der Waals surface area contributed by atoms with Crippen LogP contribution in [0.25, 0.3) is 0 Å². The van der Waals surface area contributed by atoms with Gasteiger partial charge in [0.25, 0.3) is 0 Å². The molecule has 0 aliphatic heterocycles. The van der Waals surface area contributed by atoms with Gasteiger partial charge in [-0.15, -0.1) is 11.3 Å². The number of sulfonamides is 1. The first-order valence-electron chi connectivity index (χ1n) is 6.70. The van der Waals surface area contributed by atoms with Gasteiger partial charge in [0.1, 0.15) is 0 Å². The molecule has 0 amide bonds. The minimum absolute atomic E-state index is 0.163. The van der Waals surface area contributed by atoms with E-state index in [2.05, 4.69) is 0 Å². The van der Waals surface area contributed by atoms with Gasteiger partial charge in [0.05, 0.1) is 11.5 Å². The maximum absolute atomic E-state index is 12.9. The third-order valence-electron chi connectivity index (χ3n) is 3.20. The molecule has 2 aromatic rings. The lowest BCUT2D eigenvalue weighted by molar-refractivity contribution is 0.277. The van der Waals surface area contributed by atoms with Gasteiger partial charge in [-0.25, -0.2) is 8.42 Å². The van der Waals surface area contributed by atoms with E-state index < -0.39 is 10.0 Å². The second-order valence-corrected chi connectivity index (χ2v) is 7.88. The van der Waals surface area contributed by atoms with Crippen molar-refractivity contribution in [2.75, 3.05) is 0 Å². The van der Waals surface area contributed by atoms with Gasteiger partial charge >= 0.3 is 0 Å². The van der Waals surface area contributed by atoms with E-state index in [1.165, 1.54) is 15.6 Å². The summed E-state index contributed by atoms with van der Waals surface area (Å²) in [6.07, 6.45) is 0. The molecule has 0 fully saturated rings. The Morgan fingerprint density at radius 2 is 1.90 bits per heavy atom. The molecule has 0 saturated heterocycles. The summed E-state index contributed by atoms with van der Waals surface area (Å²) in [6.45, 7) is 3.76. The van der Waals surface area contributed by atoms with Crippen molar-refractivity contribution >= 4 is 21.4 Å². The number of rotatable bonds is 6. The van der Waals surface area contributed by atoms with E-state index in [0.717, 1.165) is 4.88 Å². The number of hydrogen-bond acceptors (Lipinski definition) is 4. The van der Waals surface area contributed by atoms with Crippen molar-refractivity contribution in [3.63, 3.8) is 0 Å². The monoisotopic (exact) mass is 325 g/mol.